The smallest absolute Gasteiger partial charge is 0.232 e. The first kappa shape index (κ1) is 16.8. The van der Waals surface area contributed by atoms with Crippen LogP contribution in [-0.4, -0.2) is 26.8 Å². The Labute approximate surface area is 135 Å². The predicted molar refractivity (Wildman–Crippen MR) is 91.3 cm³/mol. The molecule has 0 saturated carbocycles. The Morgan fingerprint density at radius 1 is 1.29 bits per heavy atom. The third-order valence-corrected chi connectivity index (χ3v) is 6.43. The van der Waals surface area contributed by atoms with Crippen molar-refractivity contribution in [1.29, 1.82) is 0 Å². The molecule has 0 bridgehead atoms. The Balaban J connectivity index is 1.97. The SMILES string of the molecule is Cc1cc(NS(=O)(=O)CCC2CCCCN2)cc(C)c1Br. The fourth-order valence-corrected chi connectivity index (χ4v) is 4.11. The molecule has 1 saturated heterocycles. The van der Waals surface area contributed by atoms with Crippen LogP contribution in [0.5, 0.6) is 0 Å². The number of nitrogens with one attached hydrogen (secondary N) is 2. The number of halogens is 1. The van der Waals surface area contributed by atoms with Crippen molar-refractivity contribution in [3.8, 4) is 0 Å². The Morgan fingerprint density at radius 3 is 2.52 bits per heavy atom. The van der Waals surface area contributed by atoms with Gasteiger partial charge in [-0.15, -0.1) is 0 Å². The second-order valence-corrected chi connectivity index (χ2v) is 8.42. The van der Waals surface area contributed by atoms with Crippen molar-refractivity contribution in [2.24, 2.45) is 0 Å². The summed E-state index contributed by atoms with van der Waals surface area (Å²) in [5.41, 5.74) is 2.70. The number of anilines is 1. The molecule has 0 aliphatic carbocycles. The van der Waals surface area contributed by atoms with Gasteiger partial charge in [0.1, 0.15) is 0 Å². The molecule has 1 aromatic carbocycles. The number of sulfonamides is 1. The summed E-state index contributed by atoms with van der Waals surface area (Å²) >= 11 is 3.49. The van der Waals surface area contributed by atoms with Gasteiger partial charge < -0.3 is 5.32 Å². The van der Waals surface area contributed by atoms with Crippen LogP contribution in [0.1, 0.15) is 36.8 Å². The Hall–Kier alpha value is -0.590. The molecule has 1 unspecified atom stereocenters. The lowest BCUT2D eigenvalue weighted by molar-refractivity contribution is 0.393. The Bertz CT molecular complexity index is 573. The van der Waals surface area contributed by atoms with E-state index < -0.39 is 10.0 Å². The van der Waals surface area contributed by atoms with Crippen LogP contribution in [-0.2, 0) is 10.0 Å². The highest BCUT2D eigenvalue weighted by Crippen LogP contribution is 2.25. The van der Waals surface area contributed by atoms with Crippen molar-refractivity contribution in [1.82, 2.24) is 5.32 Å². The molecule has 1 aromatic rings. The number of hydrogen-bond donors (Lipinski definition) is 2. The van der Waals surface area contributed by atoms with E-state index in [9.17, 15) is 8.42 Å². The first-order valence-corrected chi connectivity index (χ1v) is 9.82. The molecule has 6 heteroatoms. The lowest BCUT2D eigenvalue weighted by atomic mass is 10.0. The third-order valence-electron chi connectivity index (χ3n) is 3.86. The molecule has 1 aliphatic heterocycles. The van der Waals surface area contributed by atoms with Gasteiger partial charge >= 0.3 is 0 Å². The summed E-state index contributed by atoms with van der Waals surface area (Å²) in [4.78, 5) is 0. The van der Waals surface area contributed by atoms with Crippen molar-refractivity contribution < 1.29 is 8.42 Å². The van der Waals surface area contributed by atoms with Crippen LogP contribution in [0, 0.1) is 13.8 Å². The number of aryl methyl sites for hydroxylation is 2. The van der Waals surface area contributed by atoms with Crippen molar-refractivity contribution in [3.63, 3.8) is 0 Å². The summed E-state index contributed by atoms with van der Waals surface area (Å²) in [6.45, 7) is 4.92. The van der Waals surface area contributed by atoms with E-state index in [0.29, 0.717) is 18.2 Å². The van der Waals surface area contributed by atoms with Crippen LogP contribution in [0.4, 0.5) is 5.69 Å². The molecule has 4 nitrogen and oxygen atoms in total. The molecule has 118 valence electrons. The van der Waals surface area contributed by atoms with E-state index >= 15 is 0 Å². The highest BCUT2D eigenvalue weighted by Gasteiger charge is 2.17. The van der Waals surface area contributed by atoms with Gasteiger partial charge in [0.2, 0.25) is 10.0 Å². The minimum atomic E-state index is -3.29. The molecule has 1 atom stereocenters. The van der Waals surface area contributed by atoms with Gasteiger partial charge in [-0.05, 0) is 62.9 Å². The monoisotopic (exact) mass is 374 g/mol. The van der Waals surface area contributed by atoms with E-state index in [0.717, 1.165) is 28.6 Å². The van der Waals surface area contributed by atoms with Crippen LogP contribution in [0.25, 0.3) is 0 Å². The molecule has 21 heavy (non-hydrogen) atoms. The molecule has 0 spiro atoms. The van der Waals surface area contributed by atoms with Gasteiger partial charge in [0, 0.05) is 16.2 Å². The topological polar surface area (TPSA) is 58.2 Å². The van der Waals surface area contributed by atoms with E-state index in [2.05, 4.69) is 26.0 Å². The summed E-state index contributed by atoms with van der Waals surface area (Å²) in [7, 11) is -3.29. The highest BCUT2D eigenvalue weighted by molar-refractivity contribution is 9.10. The molecular formula is C15H23BrN2O2S. The molecule has 0 aromatic heterocycles. The fraction of sp³-hybridized carbons (Fsp3) is 0.600. The summed E-state index contributed by atoms with van der Waals surface area (Å²) in [5.74, 6) is 0.166. The van der Waals surface area contributed by atoms with Gasteiger partial charge in [0.25, 0.3) is 0 Å². The van der Waals surface area contributed by atoms with Gasteiger partial charge in [-0.25, -0.2) is 8.42 Å². The lowest BCUT2D eigenvalue weighted by Gasteiger charge is -2.23. The molecule has 0 amide bonds. The van der Waals surface area contributed by atoms with Crippen LogP contribution in [0.15, 0.2) is 16.6 Å². The summed E-state index contributed by atoms with van der Waals surface area (Å²) in [6, 6.07) is 4.05. The molecule has 1 fully saturated rings. The summed E-state index contributed by atoms with van der Waals surface area (Å²) in [5, 5.41) is 3.38. The zero-order valence-electron chi connectivity index (χ0n) is 12.6. The van der Waals surface area contributed by atoms with Crippen LogP contribution < -0.4 is 10.0 Å². The number of rotatable bonds is 5. The van der Waals surface area contributed by atoms with Crippen molar-refractivity contribution >= 4 is 31.6 Å². The van der Waals surface area contributed by atoms with Crippen LogP contribution >= 0.6 is 15.9 Å². The minimum absolute atomic E-state index is 0.166. The van der Waals surface area contributed by atoms with Gasteiger partial charge in [0.15, 0.2) is 0 Å². The summed E-state index contributed by atoms with van der Waals surface area (Å²) < 4.78 is 28.1. The number of piperidine rings is 1. The molecule has 2 rings (SSSR count). The second kappa shape index (κ2) is 7.11. The third kappa shape index (κ3) is 4.97. The van der Waals surface area contributed by atoms with E-state index in [4.69, 9.17) is 0 Å². The maximum atomic E-state index is 12.2. The van der Waals surface area contributed by atoms with Crippen LogP contribution in [0.3, 0.4) is 0 Å². The van der Waals surface area contributed by atoms with Crippen molar-refractivity contribution in [3.05, 3.63) is 27.7 Å². The Morgan fingerprint density at radius 2 is 1.95 bits per heavy atom. The maximum Gasteiger partial charge on any atom is 0.232 e. The second-order valence-electron chi connectivity index (χ2n) is 5.78. The highest BCUT2D eigenvalue weighted by atomic mass is 79.9. The maximum absolute atomic E-state index is 12.2. The summed E-state index contributed by atoms with van der Waals surface area (Å²) in [6.07, 6.45) is 4.13. The average molecular weight is 375 g/mol. The van der Waals surface area contributed by atoms with Crippen molar-refractivity contribution in [2.45, 2.75) is 45.6 Å². The first-order valence-electron chi connectivity index (χ1n) is 7.38. The van der Waals surface area contributed by atoms with E-state index in [1.54, 1.807) is 0 Å². The van der Waals surface area contributed by atoms with E-state index in [-0.39, 0.29) is 5.75 Å². The minimum Gasteiger partial charge on any atom is -0.314 e. The fourth-order valence-electron chi connectivity index (χ4n) is 2.70. The lowest BCUT2D eigenvalue weighted by Crippen LogP contribution is -2.36. The standard InChI is InChI=1S/C15H23BrN2O2S/c1-11-9-14(10-12(2)15(11)16)18-21(19,20)8-6-13-5-3-4-7-17-13/h9-10,13,17-18H,3-8H2,1-2H3. The first-order chi connectivity index (χ1) is 9.87. The molecular weight excluding hydrogens is 352 g/mol. The predicted octanol–water partition coefficient (Wildman–Crippen LogP) is 3.34. The quantitative estimate of drug-likeness (QED) is 0.830. The molecule has 1 aliphatic rings. The van der Waals surface area contributed by atoms with E-state index in [1.807, 2.05) is 26.0 Å². The van der Waals surface area contributed by atoms with Gasteiger partial charge in [0.05, 0.1) is 5.75 Å². The zero-order chi connectivity index (χ0) is 15.5. The van der Waals surface area contributed by atoms with Gasteiger partial charge in [-0.1, -0.05) is 22.4 Å². The average Bonchev–Trinajstić information content (AvgIpc) is 2.43. The zero-order valence-corrected chi connectivity index (χ0v) is 15.0. The largest absolute Gasteiger partial charge is 0.314 e. The molecule has 0 radical (unpaired) electrons. The molecule has 2 N–H and O–H groups in total. The van der Waals surface area contributed by atoms with Crippen LogP contribution in [0.2, 0.25) is 0 Å². The molecule has 1 heterocycles. The van der Waals surface area contributed by atoms with Gasteiger partial charge in [-0.2, -0.15) is 0 Å². The van der Waals surface area contributed by atoms with E-state index in [1.165, 1.54) is 12.8 Å². The van der Waals surface area contributed by atoms with Gasteiger partial charge in [-0.3, -0.25) is 4.72 Å². The normalized spacial score (nSPS) is 19.5. The van der Waals surface area contributed by atoms with Crippen molar-refractivity contribution in [2.75, 3.05) is 17.0 Å². The number of hydrogen-bond acceptors (Lipinski definition) is 3. The Kier molecular flexibility index (Phi) is 5.68. The number of benzene rings is 1.